The molecule has 90 valence electrons. The molecule has 0 aromatic carbocycles. The first-order valence-corrected chi connectivity index (χ1v) is 7.35. The van der Waals surface area contributed by atoms with Gasteiger partial charge in [0.1, 0.15) is 4.88 Å². The van der Waals surface area contributed by atoms with E-state index < -0.39 is 16.8 Å². The highest BCUT2D eigenvalue weighted by Gasteiger charge is 2.15. The molecule has 5 heteroatoms. The van der Waals surface area contributed by atoms with Crippen LogP contribution in [0.4, 0.5) is 0 Å². The molecule has 1 rings (SSSR count). The molecule has 0 fully saturated rings. The summed E-state index contributed by atoms with van der Waals surface area (Å²) in [5.41, 5.74) is 0.904. The highest BCUT2D eigenvalue weighted by atomic mass is 32.2. The molecule has 0 amide bonds. The van der Waals surface area contributed by atoms with Crippen LogP contribution < -0.4 is 0 Å². The zero-order valence-corrected chi connectivity index (χ0v) is 11.3. The number of carbonyl (C=O) groups is 1. The predicted molar refractivity (Wildman–Crippen MR) is 67.6 cm³/mol. The lowest BCUT2D eigenvalue weighted by molar-refractivity contribution is 0.0702. The molecule has 0 bridgehead atoms. The largest absolute Gasteiger partial charge is 0.477 e. The summed E-state index contributed by atoms with van der Waals surface area (Å²) in [6.07, 6.45) is 0.877. The molecule has 0 saturated carbocycles. The monoisotopic (exact) mass is 260 g/mol. The van der Waals surface area contributed by atoms with Crippen LogP contribution in [0.3, 0.4) is 0 Å². The molecule has 0 saturated heterocycles. The van der Waals surface area contributed by atoms with Gasteiger partial charge in [0.05, 0.1) is 0 Å². The van der Waals surface area contributed by atoms with Crippen molar-refractivity contribution >= 4 is 28.1 Å². The van der Waals surface area contributed by atoms with Crippen molar-refractivity contribution < 1.29 is 14.1 Å². The number of aryl methyl sites for hydroxylation is 1. The van der Waals surface area contributed by atoms with Crippen molar-refractivity contribution in [3.8, 4) is 0 Å². The minimum Gasteiger partial charge on any atom is -0.477 e. The van der Waals surface area contributed by atoms with E-state index in [1.54, 1.807) is 6.07 Å². The van der Waals surface area contributed by atoms with Crippen molar-refractivity contribution in [2.45, 2.75) is 38.2 Å². The van der Waals surface area contributed by atoms with Gasteiger partial charge >= 0.3 is 5.97 Å². The standard InChI is InChI=1S/C11H16O3S2/c1-4-7(2)16(14)6-9-5-10(11(12)13)15-8(9)3/h5,7H,4,6H2,1-3H3,(H,12,13). The van der Waals surface area contributed by atoms with E-state index in [-0.39, 0.29) is 5.25 Å². The Balaban J connectivity index is 2.81. The van der Waals surface area contributed by atoms with E-state index in [1.165, 1.54) is 11.3 Å². The maximum Gasteiger partial charge on any atom is 0.345 e. The summed E-state index contributed by atoms with van der Waals surface area (Å²) >= 11 is 1.25. The summed E-state index contributed by atoms with van der Waals surface area (Å²) in [5, 5.41) is 9.01. The van der Waals surface area contributed by atoms with Gasteiger partial charge in [-0.2, -0.15) is 0 Å². The zero-order chi connectivity index (χ0) is 12.3. The second kappa shape index (κ2) is 5.59. The van der Waals surface area contributed by atoms with Crippen LogP contribution in [-0.2, 0) is 16.6 Å². The van der Waals surface area contributed by atoms with Crippen LogP contribution in [0.5, 0.6) is 0 Å². The third-order valence-electron chi connectivity index (χ3n) is 2.55. The summed E-state index contributed by atoms with van der Waals surface area (Å²) in [4.78, 5) is 12.1. The Morgan fingerprint density at radius 1 is 1.62 bits per heavy atom. The maximum absolute atomic E-state index is 11.8. The van der Waals surface area contributed by atoms with Crippen molar-refractivity contribution in [2.75, 3.05) is 0 Å². The lowest BCUT2D eigenvalue weighted by Crippen LogP contribution is -2.11. The molecule has 1 aromatic heterocycles. The predicted octanol–water partition coefficient (Wildman–Crippen LogP) is 2.80. The molecule has 0 radical (unpaired) electrons. The fourth-order valence-corrected chi connectivity index (χ4v) is 3.48. The highest BCUT2D eigenvalue weighted by Crippen LogP contribution is 2.23. The molecule has 1 N–H and O–H groups in total. The van der Waals surface area contributed by atoms with E-state index in [4.69, 9.17) is 5.11 Å². The lowest BCUT2D eigenvalue weighted by atomic mass is 10.3. The molecule has 0 aliphatic rings. The van der Waals surface area contributed by atoms with E-state index >= 15 is 0 Å². The number of carboxylic acid groups (broad SMARTS) is 1. The molecule has 0 aliphatic carbocycles. The van der Waals surface area contributed by atoms with Crippen molar-refractivity contribution in [2.24, 2.45) is 0 Å². The quantitative estimate of drug-likeness (QED) is 0.885. The van der Waals surface area contributed by atoms with Crippen molar-refractivity contribution in [1.29, 1.82) is 0 Å². The van der Waals surface area contributed by atoms with E-state index in [0.717, 1.165) is 16.9 Å². The van der Waals surface area contributed by atoms with Crippen LogP contribution in [0.15, 0.2) is 6.07 Å². The van der Waals surface area contributed by atoms with Gasteiger partial charge in [0, 0.05) is 26.7 Å². The minimum atomic E-state index is -0.912. The minimum absolute atomic E-state index is 0.160. The average Bonchev–Trinajstić information content (AvgIpc) is 2.59. The second-order valence-corrected chi connectivity index (χ2v) is 6.85. The molecular formula is C11H16O3S2. The van der Waals surface area contributed by atoms with Gasteiger partial charge < -0.3 is 5.11 Å². The molecule has 0 spiro atoms. The normalized spacial score (nSPS) is 14.7. The van der Waals surface area contributed by atoms with Gasteiger partial charge in [0.15, 0.2) is 0 Å². The van der Waals surface area contributed by atoms with Crippen molar-refractivity contribution in [3.05, 3.63) is 21.4 Å². The van der Waals surface area contributed by atoms with Crippen molar-refractivity contribution in [1.82, 2.24) is 0 Å². The van der Waals surface area contributed by atoms with E-state index in [2.05, 4.69) is 0 Å². The van der Waals surface area contributed by atoms with Gasteiger partial charge in [-0.1, -0.05) is 13.8 Å². The van der Waals surface area contributed by atoms with Crippen molar-refractivity contribution in [3.63, 3.8) is 0 Å². The summed E-state index contributed by atoms with van der Waals surface area (Å²) in [5.74, 6) is -0.446. The van der Waals surface area contributed by atoms with Gasteiger partial charge in [-0.05, 0) is 25.0 Å². The van der Waals surface area contributed by atoms with E-state index in [1.807, 2.05) is 20.8 Å². The molecule has 16 heavy (non-hydrogen) atoms. The van der Waals surface area contributed by atoms with Gasteiger partial charge in [0.25, 0.3) is 0 Å². The van der Waals surface area contributed by atoms with Crippen LogP contribution in [0.25, 0.3) is 0 Å². The molecule has 0 aliphatic heterocycles. The van der Waals surface area contributed by atoms with Gasteiger partial charge in [0.2, 0.25) is 0 Å². The maximum atomic E-state index is 11.8. The zero-order valence-electron chi connectivity index (χ0n) is 9.65. The van der Waals surface area contributed by atoms with Crippen LogP contribution in [0.2, 0.25) is 0 Å². The molecule has 2 atom stereocenters. The highest BCUT2D eigenvalue weighted by molar-refractivity contribution is 7.84. The van der Waals surface area contributed by atoms with Gasteiger partial charge in [-0.25, -0.2) is 4.79 Å². The summed E-state index contributed by atoms with van der Waals surface area (Å²) < 4.78 is 11.8. The number of carboxylic acids is 1. The van der Waals surface area contributed by atoms with E-state index in [9.17, 15) is 9.00 Å². The van der Waals surface area contributed by atoms with Crippen LogP contribution in [0.1, 0.15) is 40.4 Å². The van der Waals surface area contributed by atoms with Gasteiger partial charge in [-0.3, -0.25) is 4.21 Å². The number of aromatic carboxylic acids is 1. The topological polar surface area (TPSA) is 54.4 Å². The van der Waals surface area contributed by atoms with Crippen LogP contribution in [-0.4, -0.2) is 20.5 Å². The Labute approximate surface area is 102 Å². The Hall–Kier alpha value is -0.680. The summed E-state index contributed by atoms with van der Waals surface area (Å²) in [6, 6.07) is 1.64. The Morgan fingerprint density at radius 2 is 2.25 bits per heavy atom. The van der Waals surface area contributed by atoms with Crippen LogP contribution in [0, 0.1) is 6.92 Å². The number of hydrogen-bond acceptors (Lipinski definition) is 3. The fraction of sp³-hybridized carbons (Fsp3) is 0.545. The molecule has 3 nitrogen and oxygen atoms in total. The summed E-state index contributed by atoms with van der Waals surface area (Å²) in [6.45, 7) is 5.84. The average molecular weight is 260 g/mol. The van der Waals surface area contributed by atoms with Crippen LogP contribution >= 0.6 is 11.3 Å². The third-order valence-corrected chi connectivity index (χ3v) is 5.46. The number of rotatable bonds is 5. The fourth-order valence-electron chi connectivity index (χ4n) is 1.25. The first-order chi connectivity index (χ1) is 7.45. The first-order valence-electron chi connectivity index (χ1n) is 5.15. The first kappa shape index (κ1) is 13.4. The Bertz CT molecular complexity index is 409. The molecule has 1 aromatic rings. The number of thiophene rings is 1. The molecular weight excluding hydrogens is 244 g/mol. The van der Waals surface area contributed by atoms with E-state index in [0.29, 0.717) is 10.6 Å². The molecule has 1 heterocycles. The smallest absolute Gasteiger partial charge is 0.345 e. The third kappa shape index (κ3) is 3.15. The summed E-state index contributed by atoms with van der Waals surface area (Å²) in [7, 11) is -0.912. The Morgan fingerprint density at radius 3 is 2.69 bits per heavy atom. The lowest BCUT2D eigenvalue weighted by Gasteiger charge is -2.07. The molecule has 2 unspecified atom stereocenters. The Kier molecular flexibility index (Phi) is 4.68. The van der Waals surface area contributed by atoms with Gasteiger partial charge in [-0.15, -0.1) is 11.3 Å². The SMILES string of the molecule is CCC(C)S(=O)Cc1cc(C(=O)O)sc1C. The second-order valence-electron chi connectivity index (χ2n) is 3.74. The number of hydrogen-bond donors (Lipinski definition) is 1.